The maximum atomic E-state index is 11.8. The van der Waals surface area contributed by atoms with Crippen LogP contribution in [-0.2, 0) is 11.3 Å². The van der Waals surface area contributed by atoms with Crippen LogP contribution in [0.4, 0.5) is 0 Å². The molecule has 1 heterocycles. The normalized spacial score (nSPS) is 17.6. The molecule has 0 aromatic carbocycles. The molecular formula is C15H26N4O. The van der Waals surface area contributed by atoms with Gasteiger partial charge in [0.2, 0.25) is 5.91 Å². The van der Waals surface area contributed by atoms with Gasteiger partial charge in [0.15, 0.2) is 0 Å². The first-order valence-electron chi connectivity index (χ1n) is 7.64. The molecule has 0 aliphatic heterocycles. The van der Waals surface area contributed by atoms with Crippen LogP contribution >= 0.6 is 0 Å². The maximum Gasteiger partial charge on any atom is 0.237 e. The molecule has 0 spiro atoms. The Labute approximate surface area is 121 Å². The summed E-state index contributed by atoms with van der Waals surface area (Å²) in [6.07, 6.45) is 7.16. The fourth-order valence-corrected chi connectivity index (χ4v) is 2.60. The third-order valence-electron chi connectivity index (χ3n) is 3.78. The van der Waals surface area contributed by atoms with Gasteiger partial charge in [0.25, 0.3) is 0 Å². The fourth-order valence-electron chi connectivity index (χ4n) is 2.60. The SMILES string of the molecule is CC(C)NC(=O)C(C)NCc1ccn(C2CCCC2)n1. The van der Waals surface area contributed by atoms with E-state index in [0.29, 0.717) is 12.6 Å². The van der Waals surface area contributed by atoms with Crippen molar-refractivity contribution in [3.05, 3.63) is 18.0 Å². The van der Waals surface area contributed by atoms with E-state index >= 15 is 0 Å². The summed E-state index contributed by atoms with van der Waals surface area (Å²) in [4.78, 5) is 11.8. The van der Waals surface area contributed by atoms with Crippen LogP contribution in [0.3, 0.4) is 0 Å². The highest BCUT2D eigenvalue weighted by molar-refractivity contribution is 5.81. The molecule has 5 nitrogen and oxygen atoms in total. The van der Waals surface area contributed by atoms with E-state index in [0.717, 1.165) is 5.69 Å². The van der Waals surface area contributed by atoms with E-state index in [2.05, 4.69) is 26.6 Å². The average Bonchev–Trinajstić information content (AvgIpc) is 3.05. The number of rotatable bonds is 6. The van der Waals surface area contributed by atoms with Gasteiger partial charge in [-0.3, -0.25) is 9.48 Å². The van der Waals surface area contributed by atoms with Crippen LogP contribution < -0.4 is 10.6 Å². The van der Waals surface area contributed by atoms with Gasteiger partial charge in [-0.25, -0.2) is 0 Å². The second-order valence-corrected chi connectivity index (χ2v) is 5.99. The van der Waals surface area contributed by atoms with Crippen LogP contribution in [0.25, 0.3) is 0 Å². The van der Waals surface area contributed by atoms with E-state index in [1.54, 1.807) is 0 Å². The predicted octanol–water partition coefficient (Wildman–Crippen LogP) is 2.00. The Morgan fingerprint density at radius 2 is 2.10 bits per heavy atom. The van der Waals surface area contributed by atoms with Crippen LogP contribution in [-0.4, -0.2) is 27.8 Å². The van der Waals surface area contributed by atoms with E-state index < -0.39 is 0 Å². The van der Waals surface area contributed by atoms with Crippen molar-refractivity contribution in [2.75, 3.05) is 0 Å². The summed E-state index contributed by atoms with van der Waals surface area (Å²) >= 11 is 0. The fraction of sp³-hybridized carbons (Fsp3) is 0.733. The Bertz CT molecular complexity index is 435. The third kappa shape index (κ3) is 4.07. The molecule has 1 fully saturated rings. The van der Waals surface area contributed by atoms with Crippen LogP contribution in [0.5, 0.6) is 0 Å². The average molecular weight is 278 g/mol. The molecule has 2 rings (SSSR count). The standard InChI is InChI=1S/C15H26N4O/c1-11(2)17-15(20)12(3)16-10-13-8-9-19(18-13)14-6-4-5-7-14/h8-9,11-12,14,16H,4-7,10H2,1-3H3,(H,17,20). The molecule has 1 aliphatic carbocycles. The van der Waals surface area contributed by atoms with Gasteiger partial charge in [-0.2, -0.15) is 5.10 Å². The van der Waals surface area contributed by atoms with Gasteiger partial charge in [-0.15, -0.1) is 0 Å². The molecule has 1 aromatic heterocycles. The van der Waals surface area contributed by atoms with Crippen molar-refractivity contribution in [3.8, 4) is 0 Å². The van der Waals surface area contributed by atoms with Crippen molar-refractivity contribution in [2.45, 2.75) is 71.1 Å². The van der Waals surface area contributed by atoms with E-state index in [-0.39, 0.29) is 18.0 Å². The quantitative estimate of drug-likeness (QED) is 0.837. The van der Waals surface area contributed by atoms with E-state index in [9.17, 15) is 4.79 Å². The molecule has 1 aliphatic rings. The summed E-state index contributed by atoms with van der Waals surface area (Å²) in [5.41, 5.74) is 1.00. The number of carbonyl (C=O) groups excluding carboxylic acids is 1. The zero-order valence-corrected chi connectivity index (χ0v) is 12.7. The first-order chi connectivity index (χ1) is 9.56. The number of hydrogen-bond acceptors (Lipinski definition) is 3. The van der Waals surface area contributed by atoms with Crippen molar-refractivity contribution in [1.82, 2.24) is 20.4 Å². The minimum Gasteiger partial charge on any atom is -0.353 e. The zero-order valence-electron chi connectivity index (χ0n) is 12.7. The molecule has 2 N–H and O–H groups in total. The highest BCUT2D eigenvalue weighted by Gasteiger charge is 2.18. The number of aromatic nitrogens is 2. The Morgan fingerprint density at radius 1 is 1.40 bits per heavy atom. The molecule has 1 aromatic rings. The summed E-state index contributed by atoms with van der Waals surface area (Å²) < 4.78 is 2.09. The molecular weight excluding hydrogens is 252 g/mol. The van der Waals surface area contributed by atoms with E-state index in [1.165, 1.54) is 25.7 Å². The predicted molar refractivity (Wildman–Crippen MR) is 79.3 cm³/mol. The summed E-state index contributed by atoms with van der Waals surface area (Å²) in [5.74, 6) is 0.0372. The van der Waals surface area contributed by atoms with Gasteiger partial charge in [0.05, 0.1) is 17.8 Å². The topological polar surface area (TPSA) is 59.0 Å². The number of hydrogen-bond donors (Lipinski definition) is 2. The molecule has 1 atom stereocenters. The largest absolute Gasteiger partial charge is 0.353 e. The van der Waals surface area contributed by atoms with Gasteiger partial charge < -0.3 is 10.6 Å². The van der Waals surface area contributed by atoms with E-state index in [1.807, 2.05) is 26.8 Å². The molecule has 1 amide bonds. The smallest absolute Gasteiger partial charge is 0.237 e. The van der Waals surface area contributed by atoms with Gasteiger partial charge in [-0.1, -0.05) is 12.8 Å². The molecule has 20 heavy (non-hydrogen) atoms. The lowest BCUT2D eigenvalue weighted by molar-refractivity contribution is -0.123. The monoisotopic (exact) mass is 278 g/mol. The van der Waals surface area contributed by atoms with Crippen molar-refractivity contribution >= 4 is 5.91 Å². The Morgan fingerprint density at radius 3 is 2.75 bits per heavy atom. The van der Waals surface area contributed by atoms with Gasteiger partial charge in [0, 0.05) is 18.8 Å². The van der Waals surface area contributed by atoms with Crippen LogP contribution in [0.2, 0.25) is 0 Å². The molecule has 0 radical (unpaired) electrons. The summed E-state index contributed by atoms with van der Waals surface area (Å²) in [6, 6.07) is 2.59. The summed E-state index contributed by atoms with van der Waals surface area (Å²) in [5, 5.41) is 10.7. The number of carbonyl (C=O) groups is 1. The molecule has 1 unspecified atom stereocenters. The molecule has 0 saturated heterocycles. The zero-order chi connectivity index (χ0) is 14.5. The maximum absolute atomic E-state index is 11.8. The molecule has 112 valence electrons. The van der Waals surface area contributed by atoms with Crippen molar-refractivity contribution in [2.24, 2.45) is 0 Å². The Hall–Kier alpha value is -1.36. The third-order valence-corrected chi connectivity index (χ3v) is 3.78. The number of nitrogens with zero attached hydrogens (tertiary/aromatic N) is 2. The lowest BCUT2D eigenvalue weighted by atomic mass is 10.2. The first kappa shape index (κ1) is 15.0. The Balaban J connectivity index is 1.80. The highest BCUT2D eigenvalue weighted by Crippen LogP contribution is 2.28. The summed E-state index contributed by atoms with van der Waals surface area (Å²) in [7, 11) is 0. The molecule has 5 heteroatoms. The van der Waals surface area contributed by atoms with Crippen LogP contribution in [0.15, 0.2) is 12.3 Å². The summed E-state index contributed by atoms with van der Waals surface area (Å²) in [6.45, 7) is 6.44. The highest BCUT2D eigenvalue weighted by atomic mass is 16.2. The van der Waals surface area contributed by atoms with E-state index in [4.69, 9.17) is 0 Å². The van der Waals surface area contributed by atoms with Crippen molar-refractivity contribution in [1.29, 1.82) is 0 Å². The second-order valence-electron chi connectivity index (χ2n) is 5.99. The lowest BCUT2D eigenvalue weighted by Gasteiger charge is -2.15. The number of amides is 1. The van der Waals surface area contributed by atoms with Crippen molar-refractivity contribution < 1.29 is 4.79 Å². The van der Waals surface area contributed by atoms with Gasteiger partial charge >= 0.3 is 0 Å². The first-order valence-corrected chi connectivity index (χ1v) is 7.64. The Kier molecular flexibility index (Phi) is 5.17. The molecule has 0 bridgehead atoms. The van der Waals surface area contributed by atoms with Crippen LogP contribution in [0.1, 0.15) is 58.2 Å². The second kappa shape index (κ2) is 6.88. The van der Waals surface area contributed by atoms with Gasteiger partial charge in [-0.05, 0) is 39.7 Å². The van der Waals surface area contributed by atoms with Gasteiger partial charge in [0.1, 0.15) is 0 Å². The number of nitrogens with one attached hydrogen (secondary N) is 2. The minimum absolute atomic E-state index is 0.0372. The van der Waals surface area contributed by atoms with Crippen LogP contribution in [0, 0.1) is 0 Å². The molecule has 1 saturated carbocycles. The minimum atomic E-state index is -0.200. The lowest BCUT2D eigenvalue weighted by Crippen LogP contribution is -2.44. The van der Waals surface area contributed by atoms with Crippen molar-refractivity contribution in [3.63, 3.8) is 0 Å².